The highest BCUT2D eigenvalue weighted by atomic mass is 35.5. The number of rotatable bonds is 4. The van der Waals surface area contributed by atoms with Gasteiger partial charge in [0.2, 0.25) is 0 Å². The van der Waals surface area contributed by atoms with Gasteiger partial charge in [-0.15, -0.1) is 0 Å². The Morgan fingerprint density at radius 1 is 1.13 bits per heavy atom. The topological polar surface area (TPSA) is 28.2 Å². The first kappa shape index (κ1) is 16.4. The Bertz CT molecular complexity index is 602. The molecule has 23 heavy (non-hydrogen) atoms. The minimum absolute atomic E-state index is 0.193. The van der Waals surface area contributed by atoms with Crippen LogP contribution in [-0.2, 0) is 6.42 Å². The van der Waals surface area contributed by atoms with Crippen LogP contribution in [0.2, 0.25) is 5.02 Å². The van der Waals surface area contributed by atoms with Crippen molar-refractivity contribution in [2.45, 2.75) is 25.8 Å². The molecule has 1 unspecified atom stereocenters. The minimum Gasteiger partial charge on any atom is -0.315 e. The summed E-state index contributed by atoms with van der Waals surface area (Å²) in [5.74, 6) is 0. The van der Waals surface area contributed by atoms with Crippen molar-refractivity contribution in [3.63, 3.8) is 0 Å². The molecular formula is C19H24ClN3. The summed E-state index contributed by atoms with van der Waals surface area (Å²) in [6.45, 7) is 6.39. The van der Waals surface area contributed by atoms with Gasteiger partial charge in [-0.2, -0.15) is 0 Å². The van der Waals surface area contributed by atoms with Crippen LogP contribution in [0.3, 0.4) is 0 Å². The van der Waals surface area contributed by atoms with Crippen LogP contribution in [0, 0.1) is 0 Å². The van der Waals surface area contributed by atoms with Crippen LogP contribution < -0.4 is 5.32 Å². The van der Waals surface area contributed by atoms with Crippen molar-refractivity contribution in [3.8, 4) is 0 Å². The van der Waals surface area contributed by atoms with Crippen molar-refractivity contribution < 1.29 is 0 Å². The largest absolute Gasteiger partial charge is 0.315 e. The maximum Gasteiger partial charge on any atom is 0.0776 e. The fourth-order valence-electron chi connectivity index (χ4n) is 3.15. The third-order valence-electron chi connectivity index (χ3n) is 4.46. The second-order valence-electron chi connectivity index (χ2n) is 6.04. The molecular weight excluding hydrogens is 306 g/mol. The number of benzene rings is 1. The Balaban J connectivity index is 1.95. The predicted octanol–water partition coefficient (Wildman–Crippen LogP) is 3.68. The lowest BCUT2D eigenvalue weighted by Crippen LogP contribution is -2.33. The molecule has 1 aliphatic rings. The Morgan fingerprint density at radius 3 is 2.65 bits per heavy atom. The number of hydrogen-bond acceptors (Lipinski definition) is 3. The fourth-order valence-corrected chi connectivity index (χ4v) is 3.27. The molecule has 0 spiro atoms. The van der Waals surface area contributed by atoms with Crippen LogP contribution in [0.4, 0.5) is 0 Å². The van der Waals surface area contributed by atoms with Crippen LogP contribution in [0.25, 0.3) is 0 Å². The van der Waals surface area contributed by atoms with Gasteiger partial charge in [0, 0.05) is 30.9 Å². The number of pyridine rings is 1. The van der Waals surface area contributed by atoms with Gasteiger partial charge in [-0.05, 0) is 48.7 Å². The first-order chi connectivity index (χ1) is 11.3. The molecule has 1 aromatic carbocycles. The first-order valence-corrected chi connectivity index (χ1v) is 8.81. The van der Waals surface area contributed by atoms with Gasteiger partial charge >= 0.3 is 0 Å². The Labute approximate surface area is 143 Å². The number of nitrogens with zero attached hydrogens (tertiary/aromatic N) is 2. The molecule has 1 fully saturated rings. The molecule has 0 bridgehead atoms. The van der Waals surface area contributed by atoms with Crippen LogP contribution in [0.15, 0.2) is 42.6 Å². The second-order valence-corrected chi connectivity index (χ2v) is 6.47. The predicted molar refractivity (Wildman–Crippen MR) is 96.0 cm³/mol. The van der Waals surface area contributed by atoms with Gasteiger partial charge < -0.3 is 5.32 Å². The molecule has 3 nitrogen and oxygen atoms in total. The number of nitrogens with one attached hydrogen (secondary N) is 1. The molecule has 3 rings (SSSR count). The SMILES string of the molecule is CCc1ccc(C(c2ccc(Cl)cc2)N2CCCNCC2)nc1. The summed E-state index contributed by atoms with van der Waals surface area (Å²) in [6, 6.07) is 12.8. The summed E-state index contributed by atoms with van der Waals surface area (Å²) >= 11 is 6.07. The zero-order chi connectivity index (χ0) is 16.1. The summed E-state index contributed by atoms with van der Waals surface area (Å²) < 4.78 is 0. The average molecular weight is 330 g/mol. The summed E-state index contributed by atoms with van der Waals surface area (Å²) in [4.78, 5) is 7.28. The van der Waals surface area contributed by atoms with Crippen molar-refractivity contribution in [2.24, 2.45) is 0 Å². The van der Waals surface area contributed by atoms with Crippen LogP contribution in [0.1, 0.15) is 36.2 Å². The molecule has 0 aliphatic carbocycles. The fraction of sp³-hybridized carbons (Fsp3) is 0.421. The van der Waals surface area contributed by atoms with E-state index in [2.05, 4.69) is 41.4 Å². The molecule has 1 aromatic heterocycles. The van der Waals surface area contributed by atoms with Crippen molar-refractivity contribution in [1.82, 2.24) is 15.2 Å². The lowest BCUT2D eigenvalue weighted by Gasteiger charge is -2.30. The van der Waals surface area contributed by atoms with Crippen LogP contribution in [-0.4, -0.2) is 36.1 Å². The smallest absolute Gasteiger partial charge is 0.0776 e. The number of hydrogen-bond donors (Lipinski definition) is 1. The van der Waals surface area contributed by atoms with Crippen LogP contribution in [0.5, 0.6) is 0 Å². The Kier molecular flexibility index (Phi) is 5.65. The van der Waals surface area contributed by atoms with Crippen LogP contribution >= 0.6 is 11.6 Å². The van der Waals surface area contributed by atoms with Gasteiger partial charge in [0.15, 0.2) is 0 Å². The van der Waals surface area contributed by atoms with Gasteiger partial charge in [0.05, 0.1) is 11.7 Å². The highest BCUT2D eigenvalue weighted by Gasteiger charge is 2.24. The normalized spacial score (nSPS) is 17.7. The molecule has 1 saturated heterocycles. The average Bonchev–Trinajstić information content (AvgIpc) is 2.87. The molecule has 1 N–H and O–H groups in total. The lowest BCUT2D eigenvalue weighted by atomic mass is 10.00. The van der Waals surface area contributed by atoms with E-state index in [-0.39, 0.29) is 6.04 Å². The third kappa shape index (κ3) is 4.11. The van der Waals surface area contributed by atoms with E-state index in [0.29, 0.717) is 0 Å². The monoisotopic (exact) mass is 329 g/mol. The maximum absolute atomic E-state index is 6.07. The van der Waals surface area contributed by atoms with E-state index in [9.17, 15) is 0 Å². The van der Waals surface area contributed by atoms with Crippen molar-refractivity contribution in [1.29, 1.82) is 0 Å². The molecule has 1 aliphatic heterocycles. The van der Waals surface area contributed by atoms with Gasteiger partial charge in [-0.25, -0.2) is 0 Å². The molecule has 2 aromatic rings. The Morgan fingerprint density at radius 2 is 1.96 bits per heavy atom. The van der Waals surface area contributed by atoms with E-state index in [4.69, 9.17) is 16.6 Å². The molecule has 1 atom stereocenters. The van der Waals surface area contributed by atoms with E-state index in [1.807, 2.05) is 18.3 Å². The standard InChI is InChI=1S/C19H24ClN3/c1-2-15-4-9-18(22-14-15)19(16-5-7-17(20)8-6-16)23-12-3-10-21-11-13-23/h4-9,14,19,21H,2-3,10-13H2,1H3. The van der Waals surface area contributed by atoms with Gasteiger partial charge in [0.1, 0.15) is 0 Å². The van der Waals surface area contributed by atoms with Crippen molar-refractivity contribution >= 4 is 11.6 Å². The highest BCUT2D eigenvalue weighted by molar-refractivity contribution is 6.30. The van der Waals surface area contributed by atoms with E-state index in [1.54, 1.807) is 0 Å². The van der Waals surface area contributed by atoms with E-state index < -0.39 is 0 Å². The molecule has 0 saturated carbocycles. The molecule has 0 radical (unpaired) electrons. The maximum atomic E-state index is 6.07. The molecule has 4 heteroatoms. The van der Waals surface area contributed by atoms with Gasteiger partial charge in [0.25, 0.3) is 0 Å². The summed E-state index contributed by atoms with van der Waals surface area (Å²) in [5, 5.41) is 4.26. The Hall–Kier alpha value is -1.42. The zero-order valence-corrected chi connectivity index (χ0v) is 14.4. The number of aryl methyl sites for hydroxylation is 1. The van der Waals surface area contributed by atoms with E-state index >= 15 is 0 Å². The number of halogens is 1. The van der Waals surface area contributed by atoms with Gasteiger partial charge in [-0.1, -0.05) is 36.7 Å². The van der Waals surface area contributed by atoms with Gasteiger partial charge in [-0.3, -0.25) is 9.88 Å². The van der Waals surface area contributed by atoms with Crippen molar-refractivity contribution in [2.75, 3.05) is 26.2 Å². The highest BCUT2D eigenvalue weighted by Crippen LogP contribution is 2.29. The first-order valence-electron chi connectivity index (χ1n) is 8.43. The third-order valence-corrected chi connectivity index (χ3v) is 4.71. The minimum atomic E-state index is 0.193. The van der Waals surface area contributed by atoms with E-state index in [1.165, 1.54) is 11.1 Å². The summed E-state index contributed by atoms with van der Waals surface area (Å²) in [7, 11) is 0. The summed E-state index contributed by atoms with van der Waals surface area (Å²) in [6.07, 6.45) is 4.19. The zero-order valence-electron chi connectivity index (χ0n) is 13.6. The van der Waals surface area contributed by atoms with E-state index in [0.717, 1.165) is 49.7 Å². The lowest BCUT2D eigenvalue weighted by molar-refractivity contribution is 0.237. The quantitative estimate of drug-likeness (QED) is 0.927. The summed E-state index contributed by atoms with van der Waals surface area (Å²) in [5.41, 5.74) is 3.65. The molecule has 122 valence electrons. The second kappa shape index (κ2) is 7.91. The molecule has 2 heterocycles. The number of aromatic nitrogens is 1. The molecule has 0 amide bonds. The van der Waals surface area contributed by atoms with Crippen molar-refractivity contribution in [3.05, 3.63) is 64.4 Å².